The van der Waals surface area contributed by atoms with Crippen LogP contribution in [0.5, 0.6) is 0 Å². The Kier molecular flexibility index (Phi) is 3.92. The van der Waals surface area contributed by atoms with E-state index in [0.717, 1.165) is 25.2 Å². The van der Waals surface area contributed by atoms with Gasteiger partial charge in [-0.05, 0) is 18.4 Å². The Labute approximate surface area is 120 Å². The van der Waals surface area contributed by atoms with Crippen LogP contribution in [0.4, 0.5) is 4.79 Å². The summed E-state index contributed by atoms with van der Waals surface area (Å²) >= 11 is 0. The van der Waals surface area contributed by atoms with E-state index in [9.17, 15) is 4.79 Å². The zero-order valence-electron chi connectivity index (χ0n) is 11.8. The lowest BCUT2D eigenvalue weighted by molar-refractivity contribution is 0.0697. The van der Waals surface area contributed by atoms with Crippen LogP contribution in [0.2, 0.25) is 0 Å². The Balaban J connectivity index is 1.54. The fraction of sp³-hybridized carbons (Fsp3) is 0.562. The van der Waals surface area contributed by atoms with Crippen LogP contribution < -0.4 is 5.32 Å². The van der Waals surface area contributed by atoms with Crippen LogP contribution in [0.15, 0.2) is 30.3 Å². The smallest absolute Gasteiger partial charge is 0.410 e. The second kappa shape index (κ2) is 5.83. The Morgan fingerprint density at radius 2 is 2.00 bits per heavy atom. The van der Waals surface area contributed by atoms with Gasteiger partial charge in [0.15, 0.2) is 0 Å². The number of nitrogens with zero attached hydrogens (tertiary/aromatic N) is 1. The molecule has 4 nitrogen and oxygen atoms in total. The van der Waals surface area contributed by atoms with Crippen LogP contribution in [-0.2, 0) is 11.3 Å². The summed E-state index contributed by atoms with van der Waals surface area (Å²) in [6, 6.07) is 9.83. The number of hydrogen-bond acceptors (Lipinski definition) is 3. The van der Waals surface area contributed by atoms with Crippen molar-refractivity contribution in [2.75, 3.05) is 19.6 Å². The van der Waals surface area contributed by atoms with Gasteiger partial charge in [-0.1, -0.05) is 43.2 Å². The van der Waals surface area contributed by atoms with Crippen molar-refractivity contribution in [3.05, 3.63) is 35.9 Å². The molecule has 1 amide bonds. The number of carbonyl (C=O) groups excluding carboxylic acids is 1. The van der Waals surface area contributed by atoms with Gasteiger partial charge in [0.05, 0.1) is 0 Å². The molecule has 1 heterocycles. The number of nitrogens with one attached hydrogen (secondary N) is 1. The summed E-state index contributed by atoms with van der Waals surface area (Å²) in [4.78, 5) is 14.1. The molecule has 2 fully saturated rings. The van der Waals surface area contributed by atoms with Gasteiger partial charge in [-0.2, -0.15) is 0 Å². The molecule has 0 bridgehead atoms. The highest BCUT2D eigenvalue weighted by atomic mass is 16.6. The summed E-state index contributed by atoms with van der Waals surface area (Å²) in [6.07, 6.45) is 4.70. The molecular formula is C16H22N2O2. The summed E-state index contributed by atoms with van der Waals surface area (Å²) in [7, 11) is 0. The summed E-state index contributed by atoms with van der Waals surface area (Å²) in [6.45, 7) is 2.77. The number of piperazine rings is 1. The van der Waals surface area contributed by atoms with E-state index >= 15 is 0 Å². The highest BCUT2D eigenvalue weighted by molar-refractivity contribution is 5.68. The molecule has 20 heavy (non-hydrogen) atoms. The summed E-state index contributed by atoms with van der Waals surface area (Å²) in [5.74, 6) is 0. The van der Waals surface area contributed by atoms with Crippen LogP contribution in [0.25, 0.3) is 0 Å². The minimum absolute atomic E-state index is 0.157. The van der Waals surface area contributed by atoms with Gasteiger partial charge in [-0.3, -0.25) is 0 Å². The van der Waals surface area contributed by atoms with E-state index in [0.29, 0.717) is 6.61 Å². The maximum absolute atomic E-state index is 12.2. The molecule has 0 atom stereocenters. The van der Waals surface area contributed by atoms with Gasteiger partial charge in [0, 0.05) is 25.2 Å². The van der Waals surface area contributed by atoms with Gasteiger partial charge in [0.25, 0.3) is 0 Å². The Hall–Kier alpha value is -1.55. The normalized spacial score (nSPS) is 21.1. The first-order valence-electron chi connectivity index (χ1n) is 7.48. The highest BCUT2D eigenvalue weighted by Crippen LogP contribution is 2.32. The maximum atomic E-state index is 12.2. The molecule has 3 rings (SSSR count). The van der Waals surface area contributed by atoms with E-state index in [-0.39, 0.29) is 11.6 Å². The predicted octanol–water partition coefficient (Wildman–Crippen LogP) is 2.54. The molecule has 0 aromatic heterocycles. The number of carbonyl (C=O) groups is 1. The molecule has 1 saturated heterocycles. The molecule has 1 aliphatic carbocycles. The zero-order chi connectivity index (χ0) is 13.8. The largest absolute Gasteiger partial charge is 0.445 e. The van der Waals surface area contributed by atoms with Gasteiger partial charge in [0.2, 0.25) is 0 Å². The molecule has 4 heteroatoms. The average Bonchev–Trinajstić information content (AvgIpc) is 2.93. The van der Waals surface area contributed by atoms with E-state index in [4.69, 9.17) is 4.74 Å². The number of hydrogen-bond donors (Lipinski definition) is 1. The topological polar surface area (TPSA) is 41.6 Å². The molecule has 1 aromatic carbocycles. The third-order valence-corrected chi connectivity index (χ3v) is 4.40. The van der Waals surface area contributed by atoms with E-state index in [1.165, 1.54) is 25.7 Å². The Bertz CT molecular complexity index is 455. The van der Waals surface area contributed by atoms with Crippen molar-refractivity contribution in [3.63, 3.8) is 0 Å². The van der Waals surface area contributed by atoms with Crippen molar-refractivity contribution in [1.29, 1.82) is 0 Å². The minimum atomic E-state index is -0.179. The van der Waals surface area contributed by atoms with Crippen LogP contribution in [0.1, 0.15) is 31.2 Å². The van der Waals surface area contributed by atoms with Crippen LogP contribution in [-0.4, -0.2) is 36.2 Å². The third kappa shape index (κ3) is 2.96. The molecule has 0 unspecified atom stereocenters. The van der Waals surface area contributed by atoms with E-state index in [1.807, 2.05) is 35.2 Å². The van der Waals surface area contributed by atoms with Crippen molar-refractivity contribution in [3.8, 4) is 0 Å². The van der Waals surface area contributed by atoms with Crippen molar-refractivity contribution < 1.29 is 9.53 Å². The lowest BCUT2D eigenvalue weighted by Gasteiger charge is -2.40. The molecule has 1 aromatic rings. The molecule has 0 radical (unpaired) electrons. The van der Waals surface area contributed by atoms with Crippen molar-refractivity contribution >= 4 is 6.09 Å². The Morgan fingerprint density at radius 3 is 2.75 bits per heavy atom. The molecule has 108 valence electrons. The molecule has 1 spiro atoms. The molecule has 1 saturated carbocycles. The van der Waals surface area contributed by atoms with Gasteiger partial charge >= 0.3 is 6.09 Å². The van der Waals surface area contributed by atoms with E-state index < -0.39 is 0 Å². The quantitative estimate of drug-likeness (QED) is 0.901. The lowest BCUT2D eigenvalue weighted by Crippen LogP contribution is -2.60. The molecular weight excluding hydrogens is 252 g/mol. The van der Waals surface area contributed by atoms with E-state index in [1.54, 1.807) is 0 Å². The van der Waals surface area contributed by atoms with Crippen molar-refractivity contribution in [1.82, 2.24) is 10.2 Å². The van der Waals surface area contributed by atoms with Gasteiger partial charge in [-0.25, -0.2) is 4.79 Å². The fourth-order valence-electron chi connectivity index (χ4n) is 3.31. The number of amides is 1. The number of benzene rings is 1. The second-order valence-corrected chi connectivity index (χ2v) is 5.88. The average molecular weight is 274 g/mol. The summed E-state index contributed by atoms with van der Waals surface area (Å²) in [5.41, 5.74) is 1.19. The monoisotopic (exact) mass is 274 g/mol. The van der Waals surface area contributed by atoms with Gasteiger partial charge in [-0.15, -0.1) is 0 Å². The third-order valence-electron chi connectivity index (χ3n) is 4.40. The van der Waals surface area contributed by atoms with Gasteiger partial charge in [0.1, 0.15) is 6.61 Å². The SMILES string of the molecule is O=C(OCc1ccccc1)N1CCNC2(CCCC2)C1. The van der Waals surface area contributed by atoms with Crippen molar-refractivity contribution in [2.45, 2.75) is 37.8 Å². The first-order valence-corrected chi connectivity index (χ1v) is 7.48. The van der Waals surface area contributed by atoms with Crippen LogP contribution in [0.3, 0.4) is 0 Å². The van der Waals surface area contributed by atoms with Gasteiger partial charge < -0.3 is 15.0 Å². The molecule has 2 aliphatic rings. The van der Waals surface area contributed by atoms with Crippen LogP contribution in [0, 0.1) is 0 Å². The zero-order valence-corrected chi connectivity index (χ0v) is 11.8. The predicted molar refractivity (Wildman–Crippen MR) is 77.4 cm³/mol. The molecule has 1 aliphatic heterocycles. The minimum Gasteiger partial charge on any atom is -0.445 e. The van der Waals surface area contributed by atoms with Crippen molar-refractivity contribution in [2.24, 2.45) is 0 Å². The Morgan fingerprint density at radius 1 is 1.25 bits per heavy atom. The molecule has 1 N–H and O–H groups in total. The first kappa shape index (κ1) is 13.4. The lowest BCUT2D eigenvalue weighted by atomic mass is 9.95. The second-order valence-electron chi connectivity index (χ2n) is 5.88. The fourth-order valence-corrected chi connectivity index (χ4v) is 3.31. The standard InChI is InChI=1S/C16H22N2O2/c19-15(20-12-14-6-2-1-3-7-14)18-11-10-17-16(13-18)8-4-5-9-16/h1-3,6-7,17H,4-5,8-13H2. The number of rotatable bonds is 2. The highest BCUT2D eigenvalue weighted by Gasteiger charge is 2.39. The first-order chi connectivity index (χ1) is 9.77. The maximum Gasteiger partial charge on any atom is 0.410 e. The summed E-state index contributed by atoms with van der Waals surface area (Å²) < 4.78 is 5.43. The van der Waals surface area contributed by atoms with Crippen LogP contribution >= 0.6 is 0 Å². The number of ether oxygens (including phenoxy) is 1. The van der Waals surface area contributed by atoms with E-state index in [2.05, 4.69) is 5.32 Å². The summed E-state index contributed by atoms with van der Waals surface area (Å²) in [5, 5.41) is 3.60.